The topological polar surface area (TPSA) is 101 Å². The molecule has 0 aliphatic heterocycles. The van der Waals surface area contributed by atoms with Crippen molar-refractivity contribution >= 4 is 11.7 Å². The lowest BCUT2D eigenvalue weighted by molar-refractivity contribution is -0.385. The van der Waals surface area contributed by atoms with Gasteiger partial charge in [0.15, 0.2) is 5.75 Å². The maximum Gasteiger partial charge on any atom is 0.310 e. The molecule has 0 saturated carbocycles. The van der Waals surface area contributed by atoms with Crippen molar-refractivity contribution in [2.45, 2.75) is 26.2 Å². The predicted octanol–water partition coefficient (Wildman–Crippen LogP) is 2.34. The van der Waals surface area contributed by atoms with Crippen LogP contribution < -0.4 is 0 Å². The largest absolute Gasteiger partial charge is 0.502 e. The number of rotatable bonds is 6. The van der Waals surface area contributed by atoms with Crippen molar-refractivity contribution in [3.63, 3.8) is 0 Å². The quantitative estimate of drug-likeness (QED) is 0.598. The molecule has 1 atom stereocenters. The number of aromatic hydroxyl groups is 1. The number of phenols is 1. The highest BCUT2D eigenvalue weighted by molar-refractivity contribution is 5.69. The lowest BCUT2D eigenvalue weighted by Gasteiger charge is -2.06. The molecule has 1 aromatic rings. The van der Waals surface area contributed by atoms with E-state index in [4.69, 9.17) is 5.11 Å². The van der Waals surface area contributed by atoms with E-state index in [1.54, 1.807) is 13.0 Å². The number of aryl methyl sites for hydroxylation is 1. The first-order valence-corrected chi connectivity index (χ1v) is 5.61. The third-order valence-corrected chi connectivity index (χ3v) is 2.76. The number of nitro benzene ring substituents is 1. The average molecular weight is 253 g/mol. The summed E-state index contributed by atoms with van der Waals surface area (Å²) in [6, 6.07) is 4.21. The third kappa shape index (κ3) is 3.73. The van der Waals surface area contributed by atoms with E-state index in [2.05, 4.69) is 0 Å². The van der Waals surface area contributed by atoms with E-state index in [-0.39, 0.29) is 11.4 Å². The maximum absolute atomic E-state index is 10.6. The van der Waals surface area contributed by atoms with Gasteiger partial charge in [0.25, 0.3) is 0 Å². The number of carboxylic acids is 1. The van der Waals surface area contributed by atoms with Gasteiger partial charge in [-0.05, 0) is 30.9 Å². The number of phenolic OH excluding ortho intramolecular Hbond substituents is 1. The number of hydrogen-bond donors (Lipinski definition) is 2. The van der Waals surface area contributed by atoms with Gasteiger partial charge in [0.2, 0.25) is 0 Å². The molecular formula is C12H15NO5. The molecule has 0 radical (unpaired) electrons. The van der Waals surface area contributed by atoms with Crippen molar-refractivity contribution in [1.82, 2.24) is 0 Å². The van der Waals surface area contributed by atoms with Crippen molar-refractivity contribution < 1.29 is 19.9 Å². The molecule has 2 N–H and O–H groups in total. The Morgan fingerprint density at radius 3 is 2.72 bits per heavy atom. The van der Waals surface area contributed by atoms with Crippen LogP contribution in [0.2, 0.25) is 0 Å². The van der Waals surface area contributed by atoms with E-state index < -0.39 is 16.8 Å². The molecular weight excluding hydrogens is 238 g/mol. The molecule has 98 valence electrons. The Balaban J connectivity index is 2.61. The number of nitrogens with zero attached hydrogens (tertiary/aromatic N) is 1. The normalized spacial score (nSPS) is 12.1. The van der Waals surface area contributed by atoms with Crippen LogP contribution in [0, 0.1) is 16.0 Å². The smallest absolute Gasteiger partial charge is 0.310 e. The Kier molecular flexibility index (Phi) is 4.65. The van der Waals surface area contributed by atoms with Crippen LogP contribution >= 0.6 is 0 Å². The number of carbonyl (C=O) groups is 1. The molecule has 0 fully saturated rings. The summed E-state index contributed by atoms with van der Waals surface area (Å²) < 4.78 is 0. The zero-order valence-corrected chi connectivity index (χ0v) is 10.00. The number of aliphatic carboxylic acids is 1. The monoisotopic (exact) mass is 253 g/mol. The van der Waals surface area contributed by atoms with Crippen molar-refractivity contribution in [2.24, 2.45) is 5.92 Å². The lowest BCUT2D eigenvalue weighted by Crippen LogP contribution is -2.09. The van der Waals surface area contributed by atoms with Gasteiger partial charge in [-0.3, -0.25) is 14.9 Å². The molecule has 6 nitrogen and oxygen atoms in total. The highest BCUT2D eigenvalue weighted by Gasteiger charge is 2.14. The summed E-state index contributed by atoms with van der Waals surface area (Å²) in [4.78, 5) is 20.6. The first kappa shape index (κ1) is 14.0. The molecule has 0 aliphatic carbocycles. The molecule has 0 aromatic heterocycles. The summed E-state index contributed by atoms with van der Waals surface area (Å²) >= 11 is 0. The van der Waals surface area contributed by atoms with Crippen LogP contribution in [0.15, 0.2) is 18.2 Å². The van der Waals surface area contributed by atoms with Crippen LogP contribution in [-0.2, 0) is 11.2 Å². The second-order valence-electron chi connectivity index (χ2n) is 4.21. The maximum atomic E-state index is 10.6. The lowest BCUT2D eigenvalue weighted by atomic mass is 10.0. The highest BCUT2D eigenvalue weighted by atomic mass is 16.6. The van der Waals surface area contributed by atoms with Crippen LogP contribution in [-0.4, -0.2) is 21.1 Å². The van der Waals surface area contributed by atoms with E-state index in [0.29, 0.717) is 19.3 Å². The van der Waals surface area contributed by atoms with E-state index in [1.165, 1.54) is 12.1 Å². The van der Waals surface area contributed by atoms with Crippen molar-refractivity contribution in [3.8, 4) is 5.75 Å². The summed E-state index contributed by atoms with van der Waals surface area (Å²) in [7, 11) is 0. The second kappa shape index (κ2) is 6.00. The van der Waals surface area contributed by atoms with E-state index >= 15 is 0 Å². The molecule has 1 aromatic carbocycles. The zero-order chi connectivity index (χ0) is 13.7. The number of hydrogen-bond acceptors (Lipinski definition) is 4. The SMILES string of the molecule is CC(CCCc1ccc(O)c([N+](=O)[O-])c1)C(=O)O. The Morgan fingerprint density at radius 1 is 1.50 bits per heavy atom. The van der Waals surface area contributed by atoms with Crippen molar-refractivity contribution in [1.29, 1.82) is 0 Å². The van der Waals surface area contributed by atoms with Gasteiger partial charge in [-0.25, -0.2) is 0 Å². The average Bonchev–Trinajstić information content (AvgIpc) is 2.30. The van der Waals surface area contributed by atoms with E-state index in [0.717, 1.165) is 5.56 Å². The predicted molar refractivity (Wildman–Crippen MR) is 64.5 cm³/mol. The molecule has 1 unspecified atom stereocenters. The van der Waals surface area contributed by atoms with E-state index in [1.807, 2.05) is 0 Å². The Morgan fingerprint density at radius 2 is 2.17 bits per heavy atom. The van der Waals surface area contributed by atoms with Crippen LogP contribution in [0.3, 0.4) is 0 Å². The third-order valence-electron chi connectivity index (χ3n) is 2.76. The van der Waals surface area contributed by atoms with Crippen LogP contribution in [0.5, 0.6) is 5.75 Å². The summed E-state index contributed by atoms with van der Waals surface area (Å²) in [6.07, 6.45) is 1.71. The molecule has 1 rings (SSSR count). The standard InChI is InChI=1S/C12H15NO5/c1-8(12(15)16)3-2-4-9-5-6-11(14)10(7-9)13(17)18/h5-8,14H,2-4H2,1H3,(H,15,16). The summed E-state index contributed by atoms with van der Waals surface area (Å²) in [5.74, 6) is -1.62. The van der Waals surface area contributed by atoms with Gasteiger partial charge < -0.3 is 10.2 Å². The van der Waals surface area contributed by atoms with Gasteiger partial charge in [0.05, 0.1) is 10.8 Å². The minimum absolute atomic E-state index is 0.321. The fraction of sp³-hybridized carbons (Fsp3) is 0.417. The number of carboxylic acid groups (broad SMARTS) is 1. The van der Waals surface area contributed by atoms with E-state index in [9.17, 15) is 20.0 Å². The fourth-order valence-corrected chi connectivity index (χ4v) is 1.61. The Hall–Kier alpha value is -2.11. The first-order chi connectivity index (χ1) is 8.41. The van der Waals surface area contributed by atoms with Crippen molar-refractivity contribution in [3.05, 3.63) is 33.9 Å². The second-order valence-corrected chi connectivity index (χ2v) is 4.21. The fourth-order valence-electron chi connectivity index (χ4n) is 1.61. The summed E-state index contributed by atoms with van der Waals surface area (Å²) in [5, 5.41) is 28.6. The van der Waals surface area contributed by atoms with Crippen LogP contribution in [0.25, 0.3) is 0 Å². The highest BCUT2D eigenvalue weighted by Crippen LogP contribution is 2.27. The van der Waals surface area contributed by atoms with Gasteiger partial charge in [0, 0.05) is 6.07 Å². The molecule has 18 heavy (non-hydrogen) atoms. The number of nitro groups is 1. The first-order valence-electron chi connectivity index (χ1n) is 5.61. The minimum Gasteiger partial charge on any atom is -0.502 e. The molecule has 0 amide bonds. The molecule has 0 bridgehead atoms. The van der Waals surface area contributed by atoms with Gasteiger partial charge in [-0.2, -0.15) is 0 Å². The zero-order valence-electron chi connectivity index (χ0n) is 10.00. The summed E-state index contributed by atoms with van der Waals surface area (Å²) in [5.41, 5.74) is 0.399. The molecule has 0 heterocycles. The Bertz CT molecular complexity index is 458. The molecule has 6 heteroatoms. The van der Waals surface area contributed by atoms with Gasteiger partial charge in [-0.1, -0.05) is 13.0 Å². The van der Waals surface area contributed by atoms with Gasteiger partial charge in [-0.15, -0.1) is 0 Å². The van der Waals surface area contributed by atoms with Crippen LogP contribution in [0.4, 0.5) is 5.69 Å². The summed E-state index contributed by atoms with van der Waals surface area (Å²) in [6.45, 7) is 1.63. The minimum atomic E-state index is -0.841. The molecule has 0 spiro atoms. The Labute approximate surface area is 104 Å². The molecule has 0 saturated heterocycles. The van der Waals surface area contributed by atoms with Crippen LogP contribution in [0.1, 0.15) is 25.3 Å². The van der Waals surface area contributed by atoms with Gasteiger partial charge in [0.1, 0.15) is 0 Å². The number of benzene rings is 1. The molecule has 0 aliphatic rings. The van der Waals surface area contributed by atoms with Crippen molar-refractivity contribution in [2.75, 3.05) is 0 Å². The van der Waals surface area contributed by atoms with Gasteiger partial charge >= 0.3 is 11.7 Å².